The average Bonchev–Trinajstić information content (AvgIpc) is 2.62. The van der Waals surface area contributed by atoms with Crippen LogP contribution in [-0.4, -0.2) is 18.4 Å². The van der Waals surface area contributed by atoms with Gasteiger partial charge in [-0.25, -0.2) is 0 Å². The fourth-order valence-electron chi connectivity index (χ4n) is 1.63. The van der Waals surface area contributed by atoms with Crippen LogP contribution in [0.1, 0.15) is 18.0 Å². The zero-order valence-electron chi connectivity index (χ0n) is 8.20. The molecule has 0 radical (unpaired) electrons. The molecular formula is C11H12ClNO2. The minimum Gasteiger partial charge on any atom is -0.491 e. The van der Waals surface area contributed by atoms with Crippen LogP contribution in [-0.2, 0) is 4.79 Å². The van der Waals surface area contributed by atoms with E-state index >= 15 is 0 Å². The third-order valence-electron chi connectivity index (χ3n) is 2.36. The van der Waals surface area contributed by atoms with Crippen molar-refractivity contribution in [2.24, 2.45) is 0 Å². The predicted octanol–water partition coefficient (Wildman–Crippen LogP) is 1.87. The van der Waals surface area contributed by atoms with Gasteiger partial charge in [0.05, 0.1) is 6.04 Å². The Balaban J connectivity index is 2.04. The van der Waals surface area contributed by atoms with E-state index in [0.717, 1.165) is 11.3 Å². The normalized spacial score (nSPS) is 18.1. The Hall–Kier alpha value is -1.22. The first-order valence-corrected chi connectivity index (χ1v) is 5.42. The standard InChI is InChI=1S/C11H12ClNO2/c12-6-5-11(14)13-9-7-15-10-4-2-1-3-8(9)10/h1-4,9H,5-7H2,(H,13,14). The van der Waals surface area contributed by atoms with Gasteiger partial charge in [-0.1, -0.05) is 18.2 Å². The van der Waals surface area contributed by atoms with Crippen molar-refractivity contribution >= 4 is 17.5 Å². The van der Waals surface area contributed by atoms with Crippen molar-refractivity contribution in [3.63, 3.8) is 0 Å². The van der Waals surface area contributed by atoms with Crippen molar-refractivity contribution in [2.45, 2.75) is 12.5 Å². The first-order valence-electron chi connectivity index (χ1n) is 4.88. The summed E-state index contributed by atoms with van der Waals surface area (Å²) in [4.78, 5) is 11.4. The van der Waals surface area contributed by atoms with Crippen LogP contribution in [0.25, 0.3) is 0 Å². The lowest BCUT2D eigenvalue weighted by atomic mass is 10.1. The molecule has 1 N–H and O–H groups in total. The molecule has 1 aromatic carbocycles. The molecule has 15 heavy (non-hydrogen) atoms. The van der Waals surface area contributed by atoms with E-state index in [0.29, 0.717) is 18.9 Å². The fourth-order valence-corrected chi connectivity index (χ4v) is 1.81. The van der Waals surface area contributed by atoms with Crippen molar-refractivity contribution in [1.82, 2.24) is 5.32 Å². The summed E-state index contributed by atoms with van der Waals surface area (Å²) in [5.41, 5.74) is 1.04. The first kappa shape index (κ1) is 10.3. The molecule has 0 aromatic heterocycles. The Morgan fingerprint density at radius 1 is 1.53 bits per heavy atom. The van der Waals surface area contributed by atoms with Crippen LogP contribution < -0.4 is 10.1 Å². The highest BCUT2D eigenvalue weighted by molar-refractivity contribution is 6.18. The molecule has 4 heteroatoms. The molecule has 0 bridgehead atoms. The summed E-state index contributed by atoms with van der Waals surface area (Å²) in [7, 11) is 0. The third kappa shape index (κ3) is 2.23. The van der Waals surface area contributed by atoms with E-state index < -0.39 is 0 Å². The Morgan fingerprint density at radius 2 is 2.33 bits per heavy atom. The summed E-state index contributed by atoms with van der Waals surface area (Å²) in [5, 5.41) is 2.89. The second-order valence-corrected chi connectivity index (χ2v) is 3.79. The second kappa shape index (κ2) is 4.53. The largest absolute Gasteiger partial charge is 0.491 e. The number of ether oxygens (including phenoxy) is 1. The summed E-state index contributed by atoms with van der Waals surface area (Å²) in [5.74, 6) is 1.17. The number of alkyl halides is 1. The van der Waals surface area contributed by atoms with Gasteiger partial charge in [0, 0.05) is 17.9 Å². The number of hydrogen-bond acceptors (Lipinski definition) is 2. The molecule has 0 saturated carbocycles. The lowest BCUT2D eigenvalue weighted by Gasteiger charge is -2.10. The van der Waals surface area contributed by atoms with E-state index in [1.54, 1.807) is 0 Å². The van der Waals surface area contributed by atoms with Crippen LogP contribution >= 0.6 is 11.6 Å². The predicted molar refractivity (Wildman–Crippen MR) is 58.2 cm³/mol. The maximum Gasteiger partial charge on any atom is 0.221 e. The third-order valence-corrected chi connectivity index (χ3v) is 2.55. The molecule has 2 rings (SSSR count). The number of para-hydroxylation sites is 1. The van der Waals surface area contributed by atoms with Gasteiger partial charge in [-0.05, 0) is 6.07 Å². The Morgan fingerprint density at radius 3 is 3.13 bits per heavy atom. The maximum atomic E-state index is 11.4. The van der Waals surface area contributed by atoms with E-state index in [1.165, 1.54) is 0 Å². The van der Waals surface area contributed by atoms with Gasteiger partial charge < -0.3 is 10.1 Å². The van der Waals surface area contributed by atoms with Crippen LogP contribution in [0.2, 0.25) is 0 Å². The summed E-state index contributed by atoms with van der Waals surface area (Å²) in [6.07, 6.45) is 0.347. The quantitative estimate of drug-likeness (QED) is 0.798. The Bertz CT molecular complexity index is 367. The van der Waals surface area contributed by atoms with E-state index in [-0.39, 0.29) is 11.9 Å². The second-order valence-electron chi connectivity index (χ2n) is 3.41. The molecule has 0 fully saturated rings. The molecule has 0 saturated heterocycles. The number of fused-ring (bicyclic) bond motifs is 1. The number of hydrogen-bond donors (Lipinski definition) is 1. The highest BCUT2D eigenvalue weighted by Gasteiger charge is 2.24. The molecule has 3 nitrogen and oxygen atoms in total. The molecule has 1 heterocycles. The SMILES string of the molecule is O=C(CCCl)NC1COc2ccccc21. The first-order chi connectivity index (χ1) is 7.31. The summed E-state index contributed by atoms with van der Waals surface area (Å²) < 4.78 is 5.44. The van der Waals surface area contributed by atoms with Crippen molar-refractivity contribution in [1.29, 1.82) is 0 Å². The van der Waals surface area contributed by atoms with E-state index in [4.69, 9.17) is 16.3 Å². The summed E-state index contributed by atoms with van der Waals surface area (Å²) >= 11 is 5.49. The zero-order chi connectivity index (χ0) is 10.7. The van der Waals surface area contributed by atoms with Gasteiger partial charge in [-0.15, -0.1) is 11.6 Å². The Kier molecular flexibility index (Phi) is 3.11. The molecule has 1 unspecified atom stereocenters. The highest BCUT2D eigenvalue weighted by Crippen LogP contribution is 2.31. The average molecular weight is 226 g/mol. The smallest absolute Gasteiger partial charge is 0.221 e. The monoisotopic (exact) mass is 225 g/mol. The number of benzene rings is 1. The molecular weight excluding hydrogens is 214 g/mol. The molecule has 1 amide bonds. The van der Waals surface area contributed by atoms with Crippen LogP contribution in [0, 0.1) is 0 Å². The van der Waals surface area contributed by atoms with Crippen LogP contribution in [0.4, 0.5) is 0 Å². The van der Waals surface area contributed by atoms with E-state index in [9.17, 15) is 4.79 Å². The topological polar surface area (TPSA) is 38.3 Å². The van der Waals surface area contributed by atoms with Crippen molar-refractivity contribution in [2.75, 3.05) is 12.5 Å². The molecule has 1 atom stereocenters. The molecule has 80 valence electrons. The number of carbonyl (C=O) groups excluding carboxylic acids is 1. The molecule has 0 spiro atoms. The molecule has 1 aromatic rings. The van der Waals surface area contributed by atoms with Crippen molar-refractivity contribution in [3.05, 3.63) is 29.8 Å². The van der Waals surface area contributed by atoms with Gasteiger partial charge in [0.25, 0.3) is 0 Å². The number of carbonyl (C=O) groups is 1. The lowest BCUT2D eigenvalue weighted by molar-refractivity contribution is -0.121. The summed E-state index contributed by atoms with van der Waals surface area (Å²) in [6, 6.07) is 7.70. The lowest BCUT2D eigenvalue weighted by Crippen LogP contribution is -2.29. The van der Waals surface area contributed by atoms with Crippen molar-refractivity contribution < 1.29 is 9.53 Å². The van der Waals surface area contributed by atoms with Crippen LogP contribution in [0.3, 0.4) is 0 Å². The minimum atomic E-state index is -0.0321. The van der Waals surface area contributed by atoms with Gasteiger partial charge in [0.15, 0.2) is 0 Å². The highest BCUT2D eigenvalue weighted by atomic mass is 35.5. The number of halogens is 1. The van der Waals surface area contributed by atoms with Gasteiger partial charge >= 0.3 is 0 Å². The van der Waals surface area contributed by atoms with Crippen molar-refractivity contribution in [3.8, 4) is 5.75 Å². The van der Waals surface area contributed by atoms with Crippen LogP contribution in [0.15, 0.2) is 24.3 Å². The van der Waals surface area contributed by atoms with E-state index in [2.05, 4.69) is 5.32 Å². The van der Waals surface area contributed by atoms with Crippen LogP contribution in [0.5, 0.6) is 5.75 Å². The molecule has 0 aliphatic carbocycles. The molecule has 1 aliphatic rings. The number of amides is 1. The minimum absolute atomic E-state index is 0.0306. The Labute approximate surface area is 93.4 Å². The molecule has 1 aliphatic heterocycles. The van der Waals surface area contributed by atoms with Gasteiger partial charge in [0.2, 0.25) is 5.91 Å². The van der Waals surface area contributed by atoms with Gasteiger partial charge in [0.1, 0.15) is 12.4 Å². The maximum absolute atomic E-state index is 11.4. The van der Waals surface area contributed by atoms with E-state index in [1.807, 2.05) is 24.3 Å². The number of nitrogens with one attached hydrogen (secondary N) is 1. The zero-order valence-corrected chi connectivity index (χ0v) is 8.96. The fraction of sp³-hybridized carbons (Fsp3) is 0.364. The summed E-state index contributed by atoms with van der Waals surface area (Å²) in [6.45, 7) is 0.507. The number of rotatable bonds is 3. The van der Waals surface area contributed by atoms with Gasteiger partial charge in [-0.3, -0.25) is 4.79 Å². The van der Waals surface area contributed by atoms with Gasteiger partial charge in [-0.2, -0.15) is 0 Å².